The van der Waals surface area contributed by atoms with E-state index in [9.17, 15) is 4.79 Å². The molecule has 1 saturated heterocycles. The molecular formula is C13H13NOS. The van der Waals surface area contributed by atoms with Crippen LogP contribution in [0.5, 0.6) is 0 Å². The summed E-state index contributed by atoms with van der Waals surface area (Å²) in [6, 6.07) is 4.92. The first-order valence-electron chi connectivity index (χ1n) is 5.81. The second-order valence-corrected chi connectivity index (χ2v) is 6.08. The minimum atomic E-state index is 0.245. The Balaban J connectivity index is 1.62. The van der Waals surface area contributed by atoms with E-state index in [1.165, 1.54) is 12.0 Å². The topological polar surface area (TPSA) is 20.1 Å². The molecule has 2 aliphatic carbocycles. The van der Waals surface area contributed by atoms with Crippen LogP contribution in [-0.2, 0) is 0 Å². The van der Waals surface area contributed by atoms with Crippen LogP contribution in [0.2, 0.25) is 0 Å². The van der Waals surface area contributed by atoms with E-state index in [0.717, 1.165) is 11.3 Å². The van der Waals surface area contributed by atoms with Gasteiger partial charge in [-0.05, 0) is 30.2 Å². The highest BCUT2D eigenvalue weighted by molar-refractivity contribution is 7.12. The molecule has 82 valence electrons. The van der Waals surface area contributed by atoms with Gasteiger partial charge < -0.3 is 4.90 Å². The summed E-state index contributed by atoms with van der Waals surface area (Å²) in [7, 11) is 0. The second-order valence-electron chi connectivity index (χ2n) is 5.14. The molecule has 4 rings (SSSR count). The Kier molecular flexibility index (Phi) is 1.56. The third-order valence-electron chi connectivity index (χ3n) is 4.37. The number of thiophene rings is 1. The molecule has 2 heterocycles. The van der Waals surface area contributed by atoms with Gasteiger partial charge in [-0.1, -0.05) is 18.2 Å². The van der Waals surface area contributed by atoms with Crippen LogP contribution in [0.25, 0.3) is 0 Å². The van der Waals surface area contributed by atoms with Gasteiger partial charge in [-0.2, -0.15) is 0 Å². The third-order valence-corrected chi connectivity index (χ3v) is 5.23. The van der Waals surface area contributed by atoms with E-state index in [0.29, 0.717) is 23.9 Å². The Morgan fingerprint density at radius 3 is 3.06 bits per heavy atom. The number of carbonyl (C=O) groups is 1. The highest BCUT2D eigenvalue weighted by Crippen LogP contribution is 2.60. The molecule has 2 saturated carbocycles. The molecule has 3 aliphatic rings. The summed E-state index contributed by atoms with van der Waals surface area (Å²) in [6.45, 7) is 4.14. The third kappa shape index (κ3) is 0.950. The summed E-state index contributed by atoms with van der Waals surface area (Å²) in [4.78, 5) is 15.2. The van der Waals surface area contributed by atoms with E-state index >= 15 is 0 Å². The lowest BCUT2D eigenvalue weighted by molar-refractivity contribution is 0.0848. The van der Waals surface area contributed by atoms with E-state index < -0.39 is 0 Å². The Morgan fingerprint density at radius 2 is 2.38 bits per heavy atom. The van der Waals surface area contributed by atoms with Crippen molar-refractivity contribution >= 4 is 17.2 Å². The average molecular weight is 231 g/mol. The molecule has 3 heteroatoms. The fourth-order valence-corrected chi connectivity index (χ4v) is 4.38. The van der Waals surface area contributed by atoms with Crippen molar-refractivity contribution in [1.82, 2.24) is 4.90 Å². The molecule has 0 spiro atoms. The molecule has 2 bridgehead atoms. The quantitative estimate of drug-likeness (QED) is 0.537. The smallest absolute Gasteiger partial charge is 0.264 e. The number of rotatable bonds is 1. The van der Waals surface area contributed by atoms with Crippen molar-refractivity contribution in [2.45, 2.75) is 24.9 Å². The summed E-state index contributed by atoms with van der Waals surface area (Å²) < 4.78 is 0. The normalized spacial score (nSPS) is 39.0. The van der Waals surface area contributed by atoms with Gasteiger partial charge in [0.25, 0.3) is 5.91 Å². The Labute approximate surface area is 98.6 Å². The van der Waals surface area contributed by atoms with Crippen LogP contribution in [0.3, 0.4) is 0 Å². The van der Waals surface area contributed by atoms with Crippen molar-refractivity contribution in [3.8, 4) is 0 Å². The molecule has 3 fully saturated rings. The molecule has 4 unspecified atom stereocenters. The Morgan fingerprint density at radius 1 is 1.50 bits per heavy atom. The Hall–Kier alpha value is -1.09. The number of piperidine rings is 1. The van der Waals surface area contributed by atoms with Crippen molar-refractivity contribution in [1.29, 1.82) is 0 Å². The van der Waals surface area contributed by atoms with Crippen molar-refractivity contribution < 1.29 is 4.79 Å². The van der Waals surface area contributed by atoms with Crippen molar-refractivity contribution in [2.75, 3.05) is 0 Å². The maximum absolute atomic E-state index is 12.2. The second kappa shape index (κ2) is 2.77. The molecule has 4 atom stereocenters. The van der Waals surface area contributed by atoms with Crippen LogP contribution < -0.4 is 0 Å². The molecule has 1 aliphatic heterocycles. The number of hydrogen-bond acceptors (Lipinski definition) is 2. The largest absolute Gasteiger partial charge is 0.327 e. The Bertz CT molecular complexity index is 478. The molecule has 16 heavy (non-hydrogen) atoms. The van der Waals surface area contributed by atoms with Crippen LogP contribution >= 0.6 is 11.3 Å². The van der Waals surface area contributed by atoms with Gasteiger partial charge in [-0.3, -0.25) is 4.79 Å². The molecular weight excluding hydrogens is 218 g/mol. The van der Waals surface area contributed by atoms with Gasteiger partial charge in [0.05, 0.1) is 17.0 Å². The number of fused-ring (bicyclic) bond motifs is 5. The van der Waals surface area contributed by atoms with Gasteiger partial charge in [0.2, 0.25) is 0 Å². The summed E-state index contributed by atoms with van der Waals surface area (Å²) in [5.74, 6) is 1.57. The van der Waals surface area contributed by atoms with Crippen LogP contribution in [0, 0.1) is 11.8 Å². The monoisotopic (exact) mass is 231 g/mol. The lowest BCUT2D eigenvalue weighted by Crippen LogP contribution is -2.19. The average Bonchev–Trinajstić information content (AvgIpc) is 2.71. The summed E-state index contributed by atoms with van der Waals surface area (Å²) in [6.07, 6.45) is 2.43. The minimum absolute atomic E-state index is 0.245. The summed E-state index contributed by atoms with van der Waals surface area (Å²) >= 11 is 1.55. The first-order chi connectivity index (χ1) is 7.77. The van der Waals surface area contributed by atoms with E-state index in [-0.39, 0.29) is 5.91 Å². The van der Waals surface area contributed by atoms with Crippen LogP contribution in [0.1, 0.15) is 22.5 Å². The molecule has 1 aromatic rings. The maximum Gasteiger partial charge on any atom is 0.264 e. The van der Waals surface area contributed by atoms with E-state index in [4.69, 9.17) is 0 Å². The summed E-state index contributed by atoms with van der Waals surface area (Å²) in [5.41, 5.74) is 1.38. The van der Waals surface area contributed by atoms with E-state index in [1.807, 2.05) is 17.5 Å². The number of amides is 1. The zero-order valence-electron chi connectivity index (χ0n) is 8.93. The lowest BCUT2D eigenvalue weighted by Gasteiger charge is -2.10. The van der Waals surface area contributed by atoms with E-state index in [1.54, 1.807) is 11.3 Å². The SMILES string of the molecule is C=C1CC2CC1C1C2N1C(=O)c1cccs1. The van der Waals surface area contributed by atoms with Crippen molar-refractivity contribution in [3.05, 3.63) is 34.5 Å². The molecule has 2 nitrogen and oxygen atoms in total. The van der Waals surface area contributed by atoms with Crippen LogP contribution in [-0.4, -0.2) is 22.9 Å². The van der Waals surface area contributed by atoms with Gasteiger partial charge in [0.1, 0.15) is 0 Å². The standard InChI is InChI=1S/C13H13NOS/c1-7-5-8-6-9(7)12-11(8)14(12)13(15)10-3-2-4-16-10/h2-4,8-9,11-12H,1,5-6H2. The van der Waals surface area contributed by atoms with Crippen molar-refractivity contribution in [3.63, 3.8) is 0 Å². The maximum atomic E-state index is 12.2. The number of carbonyl (C=O) groups excluding carboxylic acids is 1. The first kappa shape index (κ1) is 8.99. The number of nitrogens with zero attached hydrogens (tertiary/aromatic N) is 1. The fourth-order valence-electron chi connectivity index (χ4n) is 3.71. The van der Waals surface area contributed by atoms with Gasteiger partial charge in [0.15, 0.2) is 0 Å². The van der Waals surface area contributed by atoms with Crippen LogP contribution in [0.4, 0.5) is 0 Å². The molecule has 0 radical (unpaired) electrons. The zero-order chi connectivity index (χ0) is 10.9. The van der Waals surface area contributed by atoms with Gasteiger partial charge in [-0.25, -0.2) is 0 Å². The molecule has 1 amide bonds. The first-order valence-corrected chi connectivity index (χ1v) is 6.69. The number of likely N-dealkylation sites (tertiary alicyclic amines) is 1. The predicted octanol–water partition coefficient (Wildman–Crippen LogP) is 2.54. The molecule has 0 aromatic carbocycles. The molecule has 1 aromatic heterocycles. The van der Waals surface area contributed by atoms with Gasteiger partial charge in [-0.15, -0.1) is 11.3 Å². The fraction of sp³-hybridized carbons (Fsp3) is 0.462. The lowest BCUT2D eigenvalue weighted by atomic mass is 9.96. The molecule has 0 N–H and O–H groups in total. The minimum Gasteiger partial charge on any atom is -0.327 e. The van der Waals surface area contributed by atoms with Gasteiger partial charge >= 0.3 is 0 Å². The van der Waals surface area contributed by atoms with Crippen molar-refractivity contribution in [2.24, 2.45) is 11.8 Å². The van der Waals surface area contributed by atoms with Gasteiger partial charge in [0, 0.05) is 5.92 Å². The summed E-state index contributed by atoms with van der Waals surface area (Å²) in [5, 5.41) is 1.97. The highest BCUT2D eigenvalue weighted by Gasteiger charge is 2.66. The number of hydrogen-bond donors (Lipinski definition) is 0. The highest BCUT2D eigenvalue weighted by atomic mass is 32.1. The zero-order valence-corrected chi connectivity index (χ0v) is 9.74. The predicted molar refractivity (Wildman–Crippen MR) is 63.4 cm³/mol. The van der Waals surface area contributed by atoms with E-state index in [2.05, 4.69) is 11.5 Å². The van der Waals surface area contributed by atoms with Crippen LogP contribution in [0.15, 0.2) is 29.7 Å².